The quantitative estimate of drug-likeness (QED) is 0.137. The van der Waals surface area contributed by atoms with Gasteiger partial charge in [-0.2, -0.15) is 0 Å². The molecule has 0 saturated heterocycles. The summed E-state index contributed by atoms with van der Waals surface area (Å²) in [6, 6.07) is 110. The summed E-state index contributed by atoms with van der Waals surface area (Å²) in [5.74, 6) is 1.05. The van der Waals surface area contributed by atoms with E-state index in [9.17, 15) is 0 Å². The lowest BCUT2D eigenvalue weighted by Crippen LogP contribution is -2.17. The van der Waals surface area contributed by atoms with E-state index in [2.05, 4.69) is 349 Å². The van der Waals surface area contributed by atoms with E-state index in [1.165, 1.54) is 0 Å². The highest BCUT2D eigenvalue weighted by molar-refractivity contribution is 6.18. The van der Waals surface area contributed by atoms with Crippen molar-refractivity contribution < 1.29 is 0 Å². The largest absolute Gasteiger partial charge is 0.306 e. The van der Waals surface area contributed by atoms with E-state index in [1.807, 2.05) is 0 Å². The second-order valence-corrected chi connectivity index (χ2v) is 26.0. The Morgan fingerprint density at radius 3 is 0.633 bits per heavy atom. The fraction of sp³-hybridized carbons (Fsp3) is 0.0444. The van der Waals surface area contributed by atoms with Crippen molar-refractivity contribution >= 4 is 87.2 Å². The summed E-state index contributed by atoms with van der Waals surface area (Å²) >= 11 is 0. The number of rotatable bonds is 10. The molecule has 98 heavy (non-hydrogen) atoms. The third-order valence-electron chi connectivity index (χ3n) is 19.8. The topological polar surface area (TPSA) is 71.3 Å². The average Bonchev–Trinajstić information content (AvgIpc) is 1.20. The molecule has 8 heteroatoms. The maximum Gasteiger partial charge on any atom is 0.164 e. The van der Waals surface area contributed by atoms with E-state index in [1.54, 1.807) is 0 Å². The van der Waals surface area contributed by atoms with Crippen molar-refractivity contribution in [2.24, 2.45) is 0 Å². The Morgan fingerprint density at radius 1 is 0.194 bits per heavy atom. The van der Waals surface area contributed by atoms with Gasteiger partial charge in [-0.05, 0) is 113 Å². The summed E-state index contributed by atoms with van der Waals surface area (Å²) in [6.07, 6.45) is 0. The highest BCUT2D eigenvalue weighted by Crippen LogP contribution is 2.55. The molecule has 0 amide bonds. The SMILES string of the molecule is Cc1ccc2c(c1)c1cc(C)ccc1n2-c1c(-c2nc(-c3ccccc3)cc(-c3ccccc3)n2)c(-n2c3ccccc3c3ccccc32)c(-n2c3ccc(C)cc3c3cc(C)ccc32)c(-c2nc(-c3ccccc3)cc(-c3ccccc3)n2)c1-n1c2ccccc2c2ccccc21. The predicted molar refractivity (Wildman–Crippen MR) is 407 cm³/mol. The van der Waals surface area contributed by atoms with Gasteiger partial charge in [0.25, 0.3) is 0 Å². The zero-order valence-electron chi connectivity index (χ0n) is 54.4. The van der Waals surface area contributed by atoms with Gasteiger partial charge in [-0.3, -0.25) is 0 Å². The van der Waals surface area contributed by atoms with Crippen LogP contribution in [0.25, 0.3) is 178 Å². The van der Waals surface area contributed by atoms with Gasteiger partial charge in [0.2, 0.25) is 0 Å². The number of nitrogens with zero attached hydrogens (tertiary/aromatic N) is 8. The van der Waals surface area contributed by atoms with Gasteiger partial charge in [0.15, 0.2) is 11.6 Å². The van der Waals surface area contributed by atoms with Crippen LogP contribution in [-0.2, 0) is 0 Å². The minimum Gasteiger partial charge on any atom is -0.306 e. The average molecular weight is 1260 g/mol. The Labute approximate surface area is 565 Å². The number of fused-ring (bicyclic) bond motifs is 12. The van der Waals surface area contributed by atoms with Crippen LogP contribution in [0.1, 0.15) is 22.3 Å². The van der Waals surface area contributed by atoms with Crippen LogP contribution in [0.4, 0.5) is 0 Å². The predicted octanol–water partition coefficient (Wildman–Crippen LogP) is 22.9. The van der Waals surface area contributed by atoms with Crippen LogP contribution in [0, 0.1) is 27.7 Å². The molecular formula is C90H62N8. The lowest BCUT2D eigenvalue weighted by molar-refractivity contribution is 1.02. The highest BCUT2D eigenvalue weighted by Gasteiger charge is 2.38. The molecular weight excluding hydrogens is 1190 g/mol. The second kappa shape index (κ2) is 22.4. The van der Waals surface area contributed by atoms with Crippen molar-refractivity contribution in [3.05, 3.63) is 326 Å². The molecule has 0 aliphatic heterocycles. The van der Waals surface area contributed by atoms with Crippen LogP contribution in [0.2, 0.25) is 0 Å². The first-order chi connectivity index (χ1) is 48.3. The molecule has 0 bridgehead atoms. The number of hydrogen-bond donors (Lipinski definition) is 0. The minimum absolute atomic E-state index is 0.525. The van der Waals surface area contributed by atoms with E-state index in [0.717, 1.165) is 188 Å². The molecule has 0 aliphatic carbocycles. The number of hydrogen-bond acceptors (Lipinski definition) is 4. The maximum absolute atomic E-state index is 6.13. The van der Waals surface area contributed by atoms with E-state index >= 15 is 0 Å². The maximum atomic E-state index is 6.13. The van der Waals surface area contributed by atoms with Gasteiger partial charge in [0.1, 0.15) is 0 Å². The summed E-state index contributed by atoms with van der Waals surface area (Å²) in [4.78, 5) is 24.5. The van der Waals surface area contributed by atoms with E-state index < -0.39 is 0 Å². The van der Waals surface area contributed by atoms with Crippen molar-refractivity contribution in [1.29, 1.82) is 0 Å². The van der Waals surface area contributed by atoms with Crippen LogP contribution in [0.15, 0.2) is 303 Å². The van der Waals surface area contributed by atoms with Crippen molar-refractivity contribution in [3.63, 3.8) is 0 Å². The Balaban J connectivity index is 1.20. The summed E-state index contributed by atoms with van der Waals surface area (Å²) in [6.45, 7) is 8.80. The van der Waals surface area contributed by atoms with E-state index in [-0.39, 0.29) is 0 Å². The molecule has 0 fully saturated rings. The van der Waals surface area contributed by atoms with Gasteiger partial charge in [-0.25, -0.2) is 19.9 Å². The molecule has 0 atom stereocenters. The Morgan fingerprint density at radius 2 is 0.398 bits per heavy atom. The lowest BCUT2D eigenvalue weighted by Gasteiger charge is -2.30. The normalized spacial score (nSPS) is 11.9. The zero-order valence-corrected chi connectivity index (χ0v) is 54.4. The van der Waals surface area contributed by atoms with Crippen LogP contribution in [-0.4, -0.2) is 38.2 Å². The van der Waals surface area contributed by atoms with Gasteiger partial charge in [0, 0.05) is 65.3 Å². The Bertz CT molecular complexity index is 5720. The first-order valence-corrected chi connectivity index (χ1v) is 33.5. The number of aryl methyl sites for hydroxylation is 4. The molecule has 19 aromatic rings. The number of aromatic nitrogens is 8. The summed E-state index contributed by atoms with van der Waals surface area (Å²) in [7, 11) is 0. The molecule has 0 spiro atoms. The van der Waals surface area contributed by atoms with E-state index in [0.29, 0.717) is 11.6 Å². The first kappa shape index (κ1) is 56.7. The number of para-hydroxylation sites is 4. The summed E-state index contributed by atoms with van der Waals surface area (Å²) < 4.78 is 10.1. The third-order valence-corrected chi connectivity index (χ3v) is 19.8. The molecule has 0 aliphatic rings. The lowest BCUT2D eigenvalue weighted by atomic mass is 9.95. The zero-order chi connectivity index (χ0) is 65.3. The van der Waals surface area contributed by atoms with Gasteiger partial charge in [-0.1, -0.05) is 241 Å². The molecule has 6 aromatic heterocycles. The van der Waals surface area contributed by atoms with Gasteiger partial charge >= 0.3 is 0 Å². The van der Waals surface area contributed by atoms with E-state index in [4.69, 9.17) is 19.9 Å². The van der Waals surface area contributed by atoms with Crippen LogP contribution >= 0.6 is 0 Å². The van der Waals surface area contributed by atoms with Crippen LogP contribution in [0.5, 0.6) is 0 Å². The van der Waals surface area contributed by atoms with Gasteiger partial charge in [-0.15, -0.1) is 0 Å². The van der Waals surface area contributed by atoms with Gasteiger partial charge in [0.05, 0.1) is 101 Å². The standard InChI is InChI=1S/C90H62N8/c1-55-41-45-79-67(49-55)68-50-56(2)42-46-80(68)97(79)87-83(89-91-71(59-25-9-5-10-26-59)53-72(92-89)60-27-11-6-12-28-60)86(96-77-39-23-19-35-65(77)66-36-20-24-40-78(66)96)88(98-81-47-43-57(3)51-69(81)70-52-58(4)44-48-82(70)98)84(85(87)95-75-37-21-17-33-63(75)64-34-18-22-38-76(64)95)90-93-73(61-29-13-7-14-30-61)54-74(94-90)62-31-15-8-16-32-62/h5-54H,1-4H3. The Kier molecular flexibility index (Phi) is 13.0. The van der Waals surface area contributed by atoms with Crippen LogP contribution < -0.4 is 0 Å². The molecule has 0 unspecified atom stereocenters. The fourth-order valence-electron chi connectivity index (χ4n) is 15.4. The first-order valence-electron chi connectivity index (χ1n) is 33.5. The Hall–Kier alpha value is -12.8. The van der Waals surface area contributed by atoms with Gasteiger partial charge < -0.3 is 18.3 Å². The molecule has 13 aromatic carbocycles. The minimum atomic E-state index is 0.525. The molecule has 0 radical (unpaired) electrons. The second-order valence-electron chi connectivity index (χ2n) is 26.0. The van der Waals surface area contributed by atoms with Crippen molar-refractivity contribution in [2.45, 2.75) is 27.7 Å². The summed E-state index contributed by atoms with van der Waals surface area (Å²) in [5.41, 5.74) is 24.6. The summed E-state index contributed by atoms with van der Waals surface area (Å²) in [5, 5.41) is 8.89. The van der Waals surface area contributed by atoms with Crippen molar-refractivity contribution in [1.82, 2.24) is 38.2 Å². The van der Waals surface area contributed by atoms with Crippen molar-refractivity contribution in [2.75, 3.05) is 0 Å². The smallest absolute Gasteiger partial charge is 0.164 e. The molecule has 0 saturated carbocycles. The van der Waals surface area contributed by atoms with Crippen LogP contribution in [0.3, 0.4) is 0 Å². The monoisotopic (exact) mass is 1250 g/mol. The molecule has 8 nitrogen and oxygen atoms in total. The number of benzene rings is 13. The molecule has 0 N–H and O–H groups in total. The third kappa shape index (κ3) is 8.91. The highest BCUT2D eigenvalue weighted by atomic mass is 15.1. The van der Waals surface area contributed by atoms with Crippen molar-refractivity contribution in [3.8, 4) is 90.6 Å². The molecule has 462 valence electrons. The fourth-order valence-corrected chi connectivity index (χ4v) is 15.4. The molecule has 6 heterocycles. The molecule has 19 rings (SSSR count).